The van der Waals surface area contributed by atoms with Gasteiger partial charge in [-0.3, -0.25) is 9.59 Å². The highest BCUT2D eigenvalue weighted by Gasteiger charge is 2.51. The Kier molecular flexibility index (Phi) is 8.37. The second-order valence-electron chi connectivity index (χ2n) is 12.9. The summed E-state index contributed by atoms with van der Waals surface area (Å²) in [6.45, 7) is 11.4. The van der Waals surface area contributed by atoms with Crippen LogP contribution in [-0.2, 0) is 19.1 Å². The van der Waals surface area contributed by atoms with E-state index in [1.165, 1.54) is 6.42 Å². The molecule has 0 radical (unpaired) electrons. The second-order valence-corrected chi connectivity index (χ2v) is 12.9. The van der Waals surface area contributed by atoms with E-state index in [2.05, 4.69) is 5.32 Å². The molecule has 5 atom stereocenters. The second kappa shape index (κ2) is 10.5. The summed E-state index contributed by atoms with van der Waals surface area (Å²) in [5, 5.41) is 3.03. The molecule has 2 saturated carbocycles. The van der Waals surface area contributed by atoms with Crippen LogP contribution in [0.1, 0.15) is 106 Å². The van der Waals surface area contributed by atoms with Gasteiger partial charge in [-0.05, 0) is 70.1 Å². The van der Waals surface area contributed by atoms with Crippen LogP contribution in [-0.4, -0.2) is 52.5 Å². The highest BCUT2D eigenvalue weighted by molar-refractivity contribution is 5.93. The van der Waals surface area contributed by atoms with Gasteiger partial charge >= 0.3 is 5.97 Å². The van der Waals surface area contributed by atoms with Gasteiger partial charge in [-0.2, -0.15) is 0 Å². The summed E-state index contributed by atoms with van der Waals surface area (Å²) in [6.07, 6.45) is 10.0. The summed E-state index contributed by atoms with van der Waals surface area (Å²) in [4.78, 5) is 42.3. The third-order valence-electron chi connectivity index (χ3n) is 7.88. The topological polar surface area (TPSA) is 102 Å². The van der Waals surface area contributed by atoms with Crippen LogP contribution in [0.15, 0.2) is 0 Å². The molecule has 0 aromatic rings. The summed E-state index contributed by atoms with van der Waals surface area (Å²) in [5.74, 6) is -0.312. The van der Waals surface area contributed by atoms with E-state index < -0.39 is 29.1 Å². The fraction of sp³-hybridized carbons (Fsp3) is 0.889. The van der Waals surface area contributed by atoms with E-state index in [0.717, 1.165) is 51.4 Å². The highest BCUT2D eigenvalue weighted by Crippen LogP contribution is 2.41. The maximum absolute atomic E-state index is 14.1. The lowest BCUT2D eigenvalue weighted by Crippen LogP contribution is -2.61. The zero-order valence-electron chi connectivity index (χ0n) is 22.2. The van der Waals surface area contributed by atoms with Gasteiger partial charge < -0.3 is 20.7 Å². The average Bonchev–Trinajstić information content (AvgIpc) is 3.15. The Morgan fingerprint density at radius 2 is 1.50 bits per heavy atom. The van der Waals surface area contributed by atoms with Crippen LogP contribution >= 0.6 is 0 Å². The number of nitrogens with one attached hydrogen (secondary N) is 1. The molecular formula is C27H47N3O4. The molecule has 2 aliphatic carbocycles. The number of carbonyl (C=O) groups excluding carboxylic acids is 3. The third kappa shape index (κ3) is 6.32. The van der Waals surface area contributed by atoms with Crippen LogP contribution in [0, 0.1) is 17.3 Å². The van der Waals surface area contributed by atoms with Crippen molar-refractivity contribution in [2.45, 2.75) is 136 Å². The number of hydrogen-bond donors (Lipinski definition) is 2. The Labute approximate surface area is 205 Å². The molecule has 1 saturated heterocycles. The number of ether oxygens (including phenoxy) is 1. The van der Waals surface area contributed by atoms with E-state index in [1.54, 1.807) is 4.90 Å². The van der Waals surface area contributed by atoms with Crippen molar-refractivity contribution in [3.63, 3.8) is 0 Å². The Morgan fingerprint density at radius 1 is 0.912 bits per heavy atom. The zero-order valence-corrected chi connectivity index (χ0v) is 22.2. The van der Waals surface area contributed by atoms with Crippen LogP contribution in [0.5, 0.6) is 0 Å². The Hall–Kier alpha value is -1.63. The summed E-state index contributed by atoms with van der Waals surface area (Å²) < 4.78 is 5.73. The number of carbonyl (C=O) groups is 3. The molecule has 194 valence electrons. The predicted molar refractivity (Wildman–Crippen MR) is 133 cm³/mol. The van der Waals surface area contributed by atoms with Gasteiger partial charge in [0.2, 0.25) is 11.8 Å². The number of rotatable bonds is 5. The van der Waals surface area contributed by atoms with Crippen molar-refractivity contribution in [3.8, 4) is 0 Å². The van der Waals surface area contributed by atoms with Gasteiger partial charge in [0.1, 0.15) is 17.7 Å². The molecule has 0 aromatic carbocycles. The largest absolute Gasteiger partial charge is 0.458 e. The molecule has 0 bridgehead atoms. The van der Waals surface area contributed by atoms with Crippen LogP contribution in [0.4, 0.5) is 0 Å². The molecule has 3 fully saturated rings. The molecular weight excluding hydrogens is 430 g/mol. The van der Waals surface area contributed by atoms with Crippen LogP contribution in [0.25, 0.3) is 0 Å². The summed E-state index contributed by atoms with van der Waals surface area (Å²) >= 11 is 0. The first kappa shape index (κ1) is 27.0. The smallest absolute Gasteiger partial charge is 0.329 e. The van der Waals surface area contributed by atoms with Gasteiger partial charge in [0, 0.05) is 6.04 Å². The van der Waals surface area contributed by atoms with Crippen molar-refractivity contribution in [2.24, 2.45) is 23.0 Å². The molecule has 3 aliphatic rings. The first-order chi connectivity index (χ1) is 15.8. The molecule has 2 amide bonds. The summed E-state index contributed by atoms with van der Waals surface area (Å²) in [7, 11) is 0. The van der Waals surface area contributed by atoms with Crippen molar-refractivity contribution in [1.82, 2.24) is 10.2 Å². The standard InChI is InChI=1S/C27H47N3O4/c1-26(2,3)22(29-23(31)21(28)17-12-8-7-9-13-17)24(32)30-19-15-11-10-14-18(19)16-20(30)25(33)34-27(4,5)6/h17-22H,7-16,28H2,1-6H3,(H,29,31). The lowest BCUT2D eigenvalue weighted by Gasteiger charge is -2.40. The number of nitrogens with zero attached hydrogens (tertiary/aromatic N) is 1. The Morgan fingerprint density at radius 3 is 2.09 bits per heavy atom. The third-order valence-corrected chi connectivity index (χ3v) is 7.88. The quantitative estimate of drug-likeness (QED) is 0.584. The Balaban J connectivity index is 1.83. The highest BCUT2D eigenvalue weighted by atomic mass is 16.6. The molecule has 5 unspecified atom stereocenters. The number of amides is 2. The minimum absolute atomic E-state index is 0.0209. The van der Waals surface area contributed by atoms with Crippen molar-refractivity contribution < 1.29 is 19.1 Å². The molecule has 1 heterocycles. The average molecular weight is 478 g/mol. The minimum atomic E-state index is -0.750. The van der Waals surface area contributed by atoms with Crippen LogP contribution in [0.2, 0.25) is 0 Å². The Bertz CT molecular complexity index is 748. The molecule has 0 spiro atoms. The maximum atomic E-state index is 14.1. The SMILES string of the molecule is CC(C)(C)OC(=O)C1CC2CCCCC2N1C(=O)C(NC(=O)C(N)C1CCCCC1)C(C)(C)C. The van der Waals surface area contributed by atoms with Gasteiger partial charge in [0.25, 0.3) is 0 Å². The van der Waals surface area contributed by atoms with Crippen molar-refractivity contribution in [3.05, 3.63) is 0 Å². The molecule has 7 nitrogen and oxygen atoms in total. The fourth-order valence-electron chi connectivity index (χ4n) is 6.10. The van der Waals surface area contributed by atoms with Crippen LogP contribution in [0.3, 0.4) is 0 Å². The maximum Gasteiger partial charge on any atom is 0.329 e. The van der Waals surface area contributed by atoms with Crippen LogP contribution < -0.4 is 11.1 Å². The van der Waals surface area contributed by atoms with Gasteiger partial charge in [-0.25, -0.2) is 4.79 Å². The van der Waals surface area contributed by atoms with E-state index >= 15 is 0 Å². The number of esters is 1. The normalized spacial score (nSPS) is 28.1. The van der Waals surface area contributed by atoms with Gasteiger partial charge in [-0.15, -0.1) is 0 Å². The van der Waals surface area contributed by atoms with Crippen molar-refractivity contribution in [1.29, 1.82) is 0 Å². The molecule has 3 N–H and O–H groups in total. The summed E-state index contributed by atoms with van der Waals surface area (Å²) in [6, 6.07) is -1.94. The number of likely N-dealkylation sites (tertiary alicyclic amines) is 1. The van der Waals surface area contributed by atoms with Gasteiger partial charge in [0.15, 0.2) is 0 Å². The number of fused-ring (bicyclic) bond motifs is 1. The van der Waals surface area contributed by atoms with E-state index in [4.69, 9.17) is 10.5 Å². The number of nitrogens with two attached hydrogens (primary N) is 1. The number of hydrogen-bond acceptors (Lipinski definition) is 5. The summed E-state index contributed by atoms with van der Waals surface area (Å²) in [5.41, 5.74) is 5.23. The molecule has 34 heavy (non-hydrogen) atoms. The zero-order chi connectivity index (χ0) is 25.3. The van der Waals surface area contributed by atoms with Gasteiger partial charge in [0.05, 0.1) is 6.04 Å². The monoisotopic (exact) mass is 477 g/mol. The van der Waals surface area contributed by atoms with Gasteiger partial charge in [-0.1, -0.05) is 52.9 Å². The molecule has 3 rings (SSSR count). The fourth-order valence-corrected chi connectivity index (χ4v) is 6.10. The van der Waals surface area contributed by atoms with Crippen molar-refractivity contribution >= 4 is 17.8 Å². The molecule has 7 heteroatoms. The first-order valence-corrected chi connectivity index (χ1v) is 13.4. The van der Waals surface area contributed by atoms with E-state index in [9.17, 15) is 14.4 Å². The van der Waals surface area contributed by atoms with E-state index in [-0.39, 0.29) is 29.7 Å². The van der Waals surface area contributed by atoms with E-state index in [1.807, 2.05) is 41.5 Å². The lowest BCUT2D eigenvalue weighted by molar-refractivity contribution is -0.165. The molecule has 1 aliphatic heterocycles. The molecule has 0 aromatic heterocycles. The van der Waals surface area contributed by atoms with E-state index in [0.29, 0.717) is 12.3 Å². The van der Waals surface area contributed by atoms with Crippen molar-refractivity contribution in [2.75, 3.05) is 0 Å². The lowest BCUT2D eigenvalue weighted by atomic mass is 9.82. The predicted octanol–water partition coefficient (Wildman–Crippen LogP) is 3.93. The first-order valence-electron chi connectivity index (χ1n) is 13.4. The minimum Gasteiger partial charge on any atom is -0.458 e.